The zero-order valence-electron chi connectivity index (χ0n) is 11.0. The highest BCUT2D eigenvalue weighted by molar-refractivity contribution is 5.33. The summed E-state index contributed by atoms with van der Waals surface area (Å²) >= 11 is 0. The lowest BCUT2D eigenvalue weighted by Crippen LogP contribution is -2.31. The lowest BCUT2D eigenvalue weighted by atomic mass is 9.97. The fraction of sp³-hybridized carbons (Fsp3) is 0.571. The van der Waals surface area contributed by atoms with Gasteiger partial charge >= 0.3 is 0 Å². The number of nitrogens with one attached hydrogen (secondary N) is 1. The molecular weight excluding hydrogens is 214 g/mol. The summed E-state index contributed by atoms with van der Waals surface area (Å²) in [6.45, 7) is 6.24. The molecule has 0 aliphatic rings. The average Bonchev–Trinajstić information content (AvgIpc) is 2.30. The summed E-state index contributed by atoms with van der Waals surface area (Å²) in [5.74, 6) is 0. The second-order valence-corrected chi connectivity index (χ2v) is 4.43. The van der Waals surface area contributed by atoms with Crippen molar-refractivity contribution in [3.8, 4) is 0 Å². The van der Waals surface area contributed by atoms with Crippen LogP contribution < -0.4 is 5.32 Å². The van der Waals surface area contributed by atoms with Crippen LogP contribution in [0, 0.1) is 13.8 Å². The molecule has 1 unspecified atom stereocenters. The van der Waals surface area contributed by atoms with Gasteiger partial charge in [0.05, 0.1) is 12.7 Å². The summed E-state index contributed by atoms with van der Waals surface area (Å²) in [5.41, 5.74) is 3.76. The van der Waals surface area contributed by atoms with Crippen molar-refractivity contribution in [3.05, 3.63) is 34.9 Å². The maximum atomic E-state index is 9.95. The molecule has 0 radical (unpaired) electrons. The first-order valence-electron chi connectivity index (χ1n) is 6.08. The van der Waals surface area contributed by atoms with Crippen LogP contribution in [0.4, 0.5) is 0 Å². The van der Waals surface area contributed by atoms with E-state index in [9.17, 15) is 5.11 Å². The molecule has 0 fully saturated rings. The Morgan fingerprint density at radius 1 is 1.29 bits per heavy atom. The minimum atomic E-state index is -0.341. The number of hydrogen-bond donors (Lipinski definition) is 2. The third kappa shape index (κ3) is 4.86. The van der Waals surface area contributed by atoms with E-state index in [1.54, 1.807) is 7.11 Å². The maximum Gasteiger partial charge on any atom is 0.0705 e. The molecule has 0 aliphatic heterocycles. The van der Waals surface area contributed by atoms with Crippen molar-refractivity contribution < 1.29 is 9.84 Å². The molecule has 1 aromatic carbocycles. The zero-order valence-corrected chi connectivity index (χ0v) is 11.0. The molecule has 1 rings (SSSR count). The number of methoxy groups -OCH3 is 1. The molecule has 17 heavy (non-hydrogen) atoms. The molecule has 0 saturated carbocycles. The predicted octanol–water partition coefficient (Wildman–Crippen LogP) is 1.44. The molecule has 3 nitrogen and oxygen atoms in total. The quantitative estimate of drug-likeness (QED) is 0.705. The van der Waals surface area contributed by atoms with Crippen molar-refractivity contribution >= 4 is 0 Å². The Hall–Kier alpha value is -0.900. The summed E-state index contributed by atoms with van der Waals surface area (Å²) < 4.78 is 4.94. The van der Waals surface area contributed by atoms with Gasteiger partial charge in [0.15, 0.2) is 0 Å². The number of benzene rings is 1. The predicted molar refractivity (Wildman–Crippen MR) is 70.4 cm³/mol. The molecule has 96 valence electrons. The van der Waals surface area contributed by atoms with Gasteiger partial charge in [-0.15, -0.1) is 0 Å². The summed E-state index contributed by atoms with van der Waals surface area (Å²) in [4.78, 5) is 0. The van der Waals surface area contributed by atoms with E-state index >= 15 is 0 Å². The van der Waals surface area contributed by atoms with Crippen LogP contribution >= 0.6 is 0 Å². The van der Waals surface area contributed by atoms with Crippen LogP contribution in [0.3, 0.4) is 0 Å². The van der Waals surface area contributed by atoms with Crippen molar-refractivity contribution in [2.75, 3.05) is 26.8 Å². The molecule has 3 heteroatoms. The number of hydrogen-bond acceptors (Lipinski definition) is 3. The highest BCUT2D eigenvalue weighted by Gasteiger charge is 2.09. The lowest BCUT2D eigenvalue weighted by Gasteiger charge is -2.15. The number of rotatable bonds is 7. The fourth-order valence-electron chi connectivity index (χ4n) is 1.92. The van der Waals surface area contributed by atoms with Crippen LogP contribution in [-0.4, -0.2) is 38.0 Å². The fourth-order valence-corrected chi connectivity index (χ4v) is 1.92. The van der Waals surface area contributed by atoms with Gasteiger partial charge < -0.3 is 15.2 Å². The van der Waals surface area contributed by atoms with Gasteiger partial charge in [-0.3, -0.25) is 0 Å². The van der Waals surface area contributed by atoms with Crippen molar-refractivity contribution in [2.24, 2.45) is 0 Å². The molecule has 2 N–H and O–H groups in total. The molecule has 1 aromatic rings. The second kappa shape index (κ2) is 7.43. The third-order valence-corrected chi connectivity index (χ3v) is 2.95. The molecule has 0 amide bonds. The Labute approximate surface area is 104 Å². The van der Waals surface area contributed by atoms with Crippen molar-refractivity contribution in [1.82, 2.24) is 5.32 Å². The van der Waals surface area contributed by atoms with Gasteiger partial charge in [0.25, 0.3) is 0 Å². The van der Waals surface area contributed by atoms with E-state index < -0.39 is 0 Å². The molecule has 0 heterocycles. The monoisotopic (exact) mass is 237 g/mol. The van der Waals surface area contributed by atoms with Gasteiger partial charge in [-0.05, 0) is 30.5 Å². The van der Waals surface area contributed by atoms with Gasteiger partial charge in [0, 0.05) is 26.6 Å². The first-order chi connectivity index (χ1) is 8.15. The second-order valence-electron chi connectivity index (χ2n) is 4.43. The first kappa shape index (κ1) is 14.2. The molecule has 0 saturated heterocycles. The third-order valence-electron chi connectivity index (χ3n) is 2.95. The van der Waals surface area contributed by atoms with E-state index in [2.05, 4.69) is 37.4 Å². The van der Waals surface area contributed by atoms with Crippen LogP contribution in [0.1, 0.15) is 16.7 Å². The summed E-state index contributed by atoms with van der Waals surface area (Å²) in [5, 5.41) is 13.1. The van der Waals surface area contributed by atoms with E-state index in [0.717, 1.165) is 6.54 Å². The van der Waals surface area contributed by atoms with E-state index in [-0.39, 0.29) is 6.10 Å². The van der Waals surface area contributed by atoms with Gasteiger partial charge in [-0.1, -0.05) is 18.2 Å². The number of aliphatic hydroxyl groups is 1. The van der Waals surface area contributed by atoms with Gasteiger partial charge in [-0.2, -0.15) is 0 Å². The number of aryl methyl sites for hydroxylation is 2. The molecule has 0 aromatic heterocycles. The van der Waals surface area contributed by atoms with Crippen LogP contribution in [0.2, 0.25) is 0 Å². The Bertz CT molecular complexity index is 319. The largest absolute Gasteiger partial charge is 0.391 e. The van der Waals surface area contributed by atoms with Crippen LogP contribution in [0.25, 0.3) is 0 Å². The highest BCUT2D eigenvalue weighted by Crippen LogP contribution is 2.15. The van der Waals surface area contributed by atoms with Crippen LogP contribution in [0.5, 0.6) is 0 Å². The van der Waals surface area contributed by atoms with Gasteiger partial charge in [-0.25, -0.2) is 0 Å². The van der Waals surface area contributed by atoms with E-state index in [4.69, 9.17) is 4.74 Å². The normalized spacial score (nSPS) is 12.7. The maximum absolute atomic E-state index is 9.95. The minimum absolute atomic E-state index is 0.341. The SMILES string of the molecule is COCCNCC(O)Cc1c(C)cccc1C. The summed E-state index contributed by atoms with van der Waals surface area (Å²) in [6, 6.07) is 6.23. The van der Waals surface area contributed by atoms with Gasteiger partial charge in [0.1, 0.15) is 0 Å². The molecule has 1 atom stereocenters. The van der Waals surface area contributed by atoms with Gasteiger partial charge in [0.2, 0.25) is 0 Å². The molecule has 0 aliphatic carbocycles. The van der Waals surface area contributed by atoms with Crippen molar-refractivity contribution in [1.29, 1.82) is 0 Å². The number of aliphatic hydroxyl groups excluding tert-OH is 1. The zero-order chi connectivity index (χ0) is 12.7. The molecule has 0 spiro atoms. The Kier molecular flexibility index (Phi) is 6.19. The van der Waals surface area contributed by atoms with E-state index in [1.165, 1.54) is 16.7 Å². The van der Waals surface area contributed by atoms with E-state index in [0.29, 0.717) is 19.6 Å². The van der Waals surface area contributed by atoms with Crippen molar-refractivity contribution in [3.63, 3.8) is 0 Å². The Morgan fingerprint density at radius 2 is 1.94 bits per heavy atom. The standard InChI is InChI=1S/C14H23NO2/c1-11-5-4-6-12(2)14(11)9-13(16)10-15-7-8-17-3/h4-6,13,15-16H,7-10H2,1-3H3. The smallest absolute Gasteiger partial charge is 0.0705 e. The first-order valence-corrected chi connectivity index (χ1v) is 6.08. The topological polar surface area (TPSA) is 41.5 Å². The average molecular weight is 237 g/mol. The molecule has 0 bridgehead atoms. The highest BCUT2D eigenvalue weighted by atomic mass is 16.5. The molecular formula is C14H23NO2. The van der Waals surface area contributed by atoms with Crippen LogP contribution in [-0.2, 0) is 11.2 Å². The Morgan fingerprint density at radius 3 is 2.53 bits per heavy atom. The minimum Gasteiger partial charge on any atom is -0.391 e. The lowest BCUT2D eigenvalue weighted by molar-refractivity contribution is 0.159. The summed E-state index contributed by atoms with van der Waals surface area (Å²) in [7, 11) is 1.68. The Balaban J connectivity index is 2.42. The van der Waals surface area contributed by atoms with Crippen LogP contribution in [0.15, 0.2) is 18.2 Å². The van der Waals surface area contributed by atoms with Crippen molar-refractivity contribution in [2.45, 2.75) is 26.4 Å². The van der Waals surface area contributed by atoms with E-state index in [1.807, 2.05) is 0 Å². The number of ether oxygens (including phenoxy) is 1. The summed E-state index contributed by atoms with van der Waals surface area (Å²) in [6.07, 6.45) is 0.366.